The molecule has 166 valence electrons. The number of hydrogen-bond donors (Lipinski definition) is 0. The largest absolute Gasteiger partial charge is 0.468 e. The maximum absolute atomic E-state index is 12.6. The first-order valence-electron chi connectivity index (χ1n) is 9.84. The quantitative estimate of drug-likeness (QED) is 0.362. The Balaban J connectivity index is 1.60. The number of nitrogens with zero attached hydrogens (tertiary/aromatic N) is 5. The molecule has 1 aromatic carbocycles. The van der Waals surface area contributed by atoms with Crippen LogP contribution >= 0.6 is 11.6 Å². The van der Waals surface area contributed by atoms with Crippen LogP contribution in [0.3, 0.4) is 0 Å². The highest BCUT2D eigenvalue weighted by Crippen LogP contribution is 2.29. The topological polar surface area (TPSA) is 111 Å². The normalized spacial score (nSPS) is 15.5. The van der Waals surface area contributed by atoms with Crippen molar-refractivity contribution in [3.05, 3.63) is 57.0 Å². The van der Waals surface area contributed by atoms with E-state index in [4.69, 9.17) is 16.3 Å². The minimum absolute atomic E-state index is 0.0530. The van der Waals surface area contributed by atoms with E-state index in [9.17, 15) is 19.7 Å². The average Bonchev–Trinajstić information content (AvgIpc) is 3.14. The zero-order valence-electron chi connectivity index (χ0n) is 17.4. The van der Waals surface area contributed by atoms with Gasteiger partial charge in [-0.05, 0) is 21.5 Å². The molecule has 1 unspecified atom stereocenters. The van der Waals surface area contributed by atoms with Gasteiger partial charge in [-0.1, -0.05) is 29.8 Å². The van der Waals surface area contributed by atoms with Crippen molar-refractivity contribution in [1.29, 1.82) is 0 Å². The van der Waals surface area contributed by atoms with Crippen molar-refractivity contribution in [2.75, 3.05) is 33.3 Å². The summed E-state index contributed by atoms with van der Waals surface area (Å²) in [7, 11) is 1.34. The first kappa shape index (κ1) is 22.7. The van der Waals surface area contributed by atoms with Crippen molar-refractivity contribution in [2.24, 2.45) is 0 Å². The van der Waals surface area contributed by atoms with Crippen LogP contribution in [0.15, 0.2) is 30.5 Å². The fraction of sp³-hybridized carbons (Fsp3) is 0.450. The van der Waals surface area contributed by atoms with Crippen molar-refractivity contribution in [1.82, 2.24) is 19.4 Å². The van der Waals surface area contributed by atoms with Gasteiger partial charge in [-0.3, -0.25) is 9.69 Å². The maximum Gasteiger partial charge on any atom is 0.381 e. The number of hydrogen-bond acceptors (Lipinski definition) is 7. The molecule has 2 aromatic rings. The molecule has 0 radical (unpaired) electrons. The summed E-state index contributed by atoms with van der Waals surface area (Å²) in [5, 5.41) is 11.3. The van der Waals surface area contributed by atoms with Crippen molar-refractivity contribution >= 4 is 29.3 Å². The van der Waals surface area contributed by atoms with Gasteiger partial charge in [0.25, 0.3) is 0 Å². The van der Waals surface area contributed by atoms with Crippen molar-refractivity contribution in [2.45, 2.75) is 25.9 Å². The van der Waals surface area contributed by atoms with Gasteiger partial charge in [-0.25, -0.2) is 4.79 Å². The summed E-state index contributed by atoms with van der Waals surface area (Å²) < 4.78 is 6.60. The SMILES string of the molecule is COC(=O)C(c1ccccc1Cl)N1CCN(C(=O)CCn2cc([N+](=O)[O-])nc2C)CC1. The number of aromatic nitrogens is 2. The fourth-order valence-electron chi connectivity index (χ4n) is 3.69. The maximum atomic E-state index is 12.6. The molecule has 0 spiro atoms. The van der Waals surface area contributed by atoms with Crippen LogP contribution in [0.5, 0.6) is 0 Å². The number of methoxy groups -OCH3 is 1. The number of piperazine rings is 1. The fourth-order valence-corrected chi connectivity index (χ4v) is 3.93. The van der Waals surface area contributed by atoms with E-state index in [0.717, 1.165) is 0 Å². The lowest BCUT2D eigenvalue weighted by atomic mass is 10.0. The Morgan fingerprint density at radius 1 is 1.26 bits per heavy atom. The second-order valence-corrected chi connectivity index (χ2v) is 7.62. The Morgan fingerprint density at radius 3 is 2.52 bits per heavy atom. The average molecular weight is 450 g/mol. The number of carbonyl (C=O) groups is 2. The first-order chi connectivity index (χ1) is 14.8. The summed E-state index contributed by atoms with van der Waals surface area (Å²) in [6.45, 7) is 3.88. The lowest BCUT2D eigenvalue weighted by Gasteiger charge is -2.38. The molecule has 0 bridgehead atoms. The molecule has 1 atom stereocenters. The highest BCUT2D eigenvalue weighted by molar-refractivity contribution is 6.31. The number of amides is 1. The number of nitro groups is 1. The number of aryl methyl sites for hydroxylation is 2. The lowest BCUT2D eigenvalue weighted by molar-refractivity contribution is -0.389. The zero-order chi connectivity index (χ0) is 22.5. The van der Waals surface area contributed by atoms with E-state index in [2.05, 4.69) is 4.98 Å². The predicted octanol–water partition coefficient (Wildman–Crippen LogP) is 2.20. The van der Waals surface area contributed by atoms with Gasteiger partial charge in [-0.2, -0.15) is 0 Å². The summed E-state index contributed by atoms with van der Waals surface area (Å²) in [5.41, 5.74) is 0.674. The third-order valence-electron chi connectivity index (χ3n) is 5.37. The number of carbonyl (C=O) groups excluding carboxylic acids is 2. The lowest BCUT2D eigenvalue weighted by Crippen LogP contribution is -2.51. The van der Waals surface area contributed by atoms with E-state index in [1.807, 2.05) is 11.0 Å². The predicted molar refractivity (Wildman–Crippen MR) is 113 cm³/mol. The molecule has 1 aliphatic rings. The Kier molecular flexibility index (Phi) is 7.24. The molecule has 0 N–H and O–H groups in total. The number of esters is 1. The molecule has 1 amide bonds. The molecule has 3 rings (SSSR count). The standard InChI is InChI=1S/C20H24ClN5O5/c1-14-22-17(26(29)30)13-25(14)8-7-18(27)23-9-11-24(12-10-23)19(20(28)31-2)15-5-3-4-6-16(15)21/h3-6,13,19H,7-12H2,1-2H3. The molecule has 2 heterocycles. The van der Waals surface area contributed by atoms with Gasteiger partial charge >= 0.3 is 11.8 Å². The molecular weight excluding hydrogens is 426 g/mol. The molecule has 1 aromatic heterocycles. The highest BCUT2D eigenvalue weighted by atomic mass is 35.5. The molecule has 10 nitrogen and oxygen atoms in total. The van der Waals surface area contributed by atoms with E-state index in [1.165, 1.54) is 13.3 Å². The molecule has 1 saturated heterocycles. The summed E-state index contributed by atoms with van der Waals surface area (Å²) >= 11 is 6.30. The molecule has 11 heteroatoms. The van der Waals surface area contributed by atoms with Gasteiger partial charge in [-0.15, -0.1) is 0 Å². The smallest absolute Gasteiger partial charge is 0.381 e. The van der Waals surface area contributed by atoms with Crippen molar-refractivity contribution < 1.29 is 19.2 Å². The molecule has 1 aliphatic heterocycles. The van der Waals surface area contributed by atoms with Crippen LogP contribution < -0.4 is 0 Å². The van der Waals surface area contributed by atoms with Gasteiger partial charge in [0.1, 0.15) is 12.2 Å². The zero-order valence-corrected chi connectivity index (χ0v) is 18.1. The van der Waals surface area contributed by atoms with Gasteiger partial charge in [0.2, 0.25) is 11.7 Å². The number of imidazole rings is 1. The molecule has 0 aliphatic carbocycles. The number of benzene rings is 1. The summed E-state index contributed by atoms with van der Waals surface area (Å²) in [6, 6.07) is 6.51. The van der Waals surface area contributed by atoms with Crippen LogP contribution in [0, 0.1) is 17.0 Å². The van der Waals surface area contributed by atoms with E-state index in [-0.39, 0.29) is 18.1 Å². The van der Waals surface area contributed by atoms with E-state index in [0.29, 0.717) is 49.1 Å². The van der Waals surface area contributed by atoms with Gasteiger partial charge in [0.05, 0.1) is 7.11 Å². The Labute approximate surface area is 184 Å². The molecule has 1 fully saturated rings. The van der Waals surface area contributed by atoms with Crippen LogP contribution in [-0.4, -0.2) is 69.4 Å². The molecular formula is C20H24ClN5O5. The monoisotopic (exact) mass is 449 g/mol. The molecule has 0 saturated carbocycles. The highest BCUT2D eigenvalue weighted by Gasteiger charge is 2.33. The Morgan fingerprint density at radius 2 is 1.94 bits per heavy atom. The summed E-state index contributed by atoms with van der Waals surface area (Å²) in [4.78, 5) is 42.9. The summed E-state index contributed by atoms with van der Waals surface area (Å²) in [6.07, 6.45) is 1.55. The summed E-state index contributed by atoms with van der Waals surface area (Å²) in [5.74, 6) is -0.190. The van der Waals surface area contributed by atoms with E-state index < -0.39 is 16.9 Å². The van der Waals surface area contributed by atoms with Crippen LogP contribution in [-0.2, 0) is 20.9 Å². The third kappa shape index (κ3) is 5.20. The number of halogens is 1. The number of rotatable bonds is 7. The van der Waals surface area contributed by atoms with Gasteiger partial charge in [0, 0.05) is 51.1 Å². The van der Waals surface area contributed by atoms with E-state index >= 15 is 0 Å². The van der Waals surface area contributed by atoms with Crippen molar-refractivity contribution in [3.8, 4) is 0 Å². The van der Waals surface area contributed by atoms with Gasteiger partial charge in [0.15, 0.2) is 0 Å². The van der Waals surface area contributed by atoms with Gasteiger partial charge < -0.3 is 24.3 Å². The van der Waals surface area contributed by atoms with Crippen molar-refractivity contribution in [3.63, 3.8) is 0 Å². The minimum atomic E-state index is -0.634. The molecule has 31 heavy (non-hydrogen) atoms. The van der Waals surface area contributed by atoms with Crippen LogP contribution in [0.1, 0.15) is 23.9 Å². The first-order valence-corrected chi connectivity index (χ1v) is 10.2. The minimum Gasteiger partial charge on any atom is -0.468 e. The van der Waals surface area contributed by atoms with Crippen LogP contribution in [0.25, 0.3) is 0 Å². The second kappa shape index (κ2) is 9.88. The van der Waals surface area contributed by atoms with Crippen LogP contribution in [0.2, 0.25) is 5.02 Å². The number of ether oxygens (including phenoxy) is 1. The second-order valence-electron chi connectivity index (χ2n) is 7.21. The van der Waals surface area contributed by atoms with E-state index in [1.54, 1.807) is 34.6 Å². The third-order valence-corrected chi connectivity index (χ3v) is 5.72. The Bertz CT molecular complexity index is 971. The van der Waals surface area contributed by atoms with Crippen LogP contribution in [0.4, 0.5) is 5.82 Å². The Hall–Kier alpha value is -2.98.